The number of aromatic nitrogens is 1. The number of nitrogens with zero attached hydrogens (tertiary/aromatic N) is 2. The van der Waals surface area contributed by atoms with Crippen LogP contribution in [0.2, 0.25) is 0 Å². The van der Waals surface area contributed by atoms with E-state index in [9.17, 15) is 0 Å². The smallest absolute Gasteiger partial charge is 0.146 e. The third kappa shape index (κ3) is 1.06. The number of hydrogen-bond donors (Lipinski definition) is 1. The molecule has 1 aliphatic heterocycles. The maximum absolute atomic E-state index is 5.94. The summed E-state index contributed by atoms with van der Waals surface area (Å²) in [7, 11) is 0. The molecule has 0 aromatic carbocycles. The molecule has 1 aromatic heterocycles. The molecular formula is C6H5BrClN3. The molecule has 0 saturated carbocycles. The Bertz CT molecular complexity index is 307. The van der Waals surface area contributed by atoms with Crippen LogP contribution in [0.4, 0.5) is 0 Å². The van der Waals surface area contributed by atoms with Crippen LogP contribution in [0.1, 0.15) is 11.2 Å². The van der Waals surface area contributed by atoms with E-state index in [4.69, 9.17) is 11.6 Å². The lowest BCUT2D eigenvalue weighted by Crippen LogP contribution is -2.22. The second-order valence-corrected chi connectivity index (χ2v) is 3.46. The molecule has 3 nitrogen and oxygen atoms in total. The Hall–Kier alpha value is -0.480. The summed E-state index contributed by atoms with van der Waals surface area (Å²) in [6.45, 7) is 0. The van der Waals surface area contributed by atoms with Gasteiger partial charge in [-0.3, -0.25) is 0 Å². The quantitative estimate of drug-likeness (QED) is 0.539. The van der Waals surface area contributed by atoms with Crippen molar-refractivity contribution < 1.29 is 0 Å². The Balaban J connectivity index is 2.58. The molecule has 2 heterocycles. The summed E-state index contributed by atoms with van der Waals surface area (Å²) in [6, 6.07) is 1.91. The van der Waals surface area contributed by atoms with Crippen LogP contribution in [-0.2, 0) is 0 Å². The first-order chi connectivity index (χ1) is 5.29. The van der Waals surface area contributed by atoms with Crippen LogP contribution in [0.25, 0.3) is 0 Å². The molecule has 0 spiro atoms. The van der Waals surface area contributed by atoms with Crippen molar-refractivity contribution in [3.8, 4) is 0 Å². The van der Waals surface area contributed by atoms with Gasteiger partial charge in [0.25, 0.3) is 0 Å². The van der Waals surface area contributed by atoms with Crippen LogP contribution in [0.5, 0.6) is 0 Å². The predicted octanol–water partition coefficient (Wildman–Crippen LogP) is 1.88. The summed E-state index contributed by atoms with van der Waals surface area (Å²) in [5.74, 6) is 0. The number of alkyl halides is 1. The molecule has 1 aromatic rings. The standard InChI is InChI=1S/C6H5BrClN3/c7-4-1-2-11-5(4)6(8)9-3-10-11/h1-3,6H,(H,9,10). The number of halogens is 2. The van der Waals surface area contributed by atoms with Gasteiger partial charge >= 0.3 is 0 Å². The molecule has 0 bridgehead atoms. The number of rotatable bonds is 0. The highest BCUT2D eigenvalue weighted by Gasteiger charge is 2.17. The molecule has 0 fully saturated rings. The highest BCUT2D eigenvalue weighted by molar-refractivity contribution is 9.10. The van der Waals surface area contributed by atoms with E-state index in [1.165, 1.54) is 0 Å². The molecular weight excluding hydrogens is 229 g/mol. The largest absolute Gasteiger partial charge is 0.354 e. The van der Waals surface area contributed by atoms with Crippen LogP contribution in [0.3, 0.4) is 0 Å². The second kappa shape index (κ2) is 2.53. The Morgan fingerprint density at radius 1 is 1.73 bits per heavy atom. The van der Waals surface area contributed by atoms with E-state index in [0.717, 1.165) is 10.2 Å². The van der Waals surface area contributed by atoms with Gasteiger partial charge < -0.3 is 5.32 Å². The van der Waals surface area contributed by atoms with Gasteiger partial charge in [-0.05, 0) is 22.0 Å². The van der Waals surface area contributed by atoms with E-state index in [1.807, 2.05) is 12.3 Å². The van der Waals surface area contributed by atoms with Crippen LogP contribution in [-0.4, -0.2) is 11.0 Å². The summed E-state index contributed by atoms with van der Waals surface area (Å²) in [5.41, 5.74) is 0.742. The average molecular weight is 234 g/mol. The monoisotopic (exact) mass is 233 g/mol. The fourth-order valence-corrected chi connectivity index (χ4v) is 1.92. The van der Waals surface area contributed by atoms with Gasteiger partial charge in [-0.1, -0.05) is 11.6 Å². The van der Waals surface area contributed by atoms with E-state index in [2.05, 4.69) is 26.3 Å². The van der Waals surface area contributed by atoms with Crippen molar-refractivity contribution in [3.63, 3.8) is 0 Å². The number of nitrogens with one attached hydrogen (secondary N) is 1. The third-order valence-corrected chi connectivity index (χ3v) is 2.50. The minimum absolute atomic E-state index is 0.197. The van der Waals surface area contributed by atoms with Crippen LogP contribution in [0.15, 0.2) is 21.8 Å². The Morgan fingerprint density at radius 2 is 2.55 bits per heavy atom. The molecule has 2 rings (SSSR count). The first-order valence-electron chi connectivity index (χ1n) is 3.09. The lowest BCUT2D eigenvalue weighted by Gasteiger charge is -2.15. The van der Waals surface area contributed by atoms with E-state index >= 15 is 0 Å². The van der Waals surface area contributed by atoms with Gasteiger partial charge in [-0.2, -0.15) is 5.10 Å². The van der Waals surface area contributed by atoms with Gasteiger partial charge in [-0.25, -0.2) is 4.68 Å². The maximum Gasteiger partial charge on any atom is 0.146 e. The normalized spacial score (nSPS) is 21.1. The highest BCUT2D eigenvalue weighted by Crippen LogP contribution is 2.28. The molecule has 1 atom stereocenters. The second-order valence-electron chi connectivity index (χ2n) is 2.17. The Kier molecular flexibility index (Phi) is 1.65. The van der Waals surface area contributed by atoms with Crippen molar-refractivity contribution in [1.82, 2.24) is 9.99 Å². The average Bonchev–Trinajstić information content (AvgIpc) is 2.34. The topological polar surface area (TPSA) is 29.3 Å². The zero-order valence-electron chi connectivity index (χ0n) is 5.46. The third-order valence-electron chi connectivity index (χ3n) is 1.50. The SMILES string of the molecule is ClC1NC=Nn2ccc(Br)c21. The molecule has 0 saturated heterocycles. The molecule has 5 heteroatoms. The molecule has 0 aliphatic carbocycles. The van der Waals surface area contributed by atoms with E-state index in [1.54, 1.807) is 11.0 Å². The molecule has 0 radical (unpaired) electrons. The first-order valence-corrected chi connectivity index (χ1v) is 4.31. The number of fused-ring (bicyclic) bond motifs is 1. The fourth-order valence-electron chi connectivity index (χ4n) is 0.989. The van der Waals surface area contributed by atoms with Crippen molar-refractivity contribution in [2.75, 3.05) is 0 Å². The molecule has 0 amide bonds. The zero-order valence-corrected chi connectivity index (χ0v) is 7.80. The predicted molar refractivity (Wildman–Crippen MR) is 47.8 cm³/mol. The fraction of sp³-hybridized carbons (Fsp3) is 0.167. The Labute approximate surface area is 77.2 Å². The summed E-state index contributed by atoms with van der Waals surface area (Å²) >= 11 is 9.31. The van der Waals surface area contributed by atoms with Gasteiger partial charge in [-0.15, -0.1) is 0 Å². The van der Waals surface area contributed by atoms with Crippen molar-refractivity contribution in [2.24, 2.45) is 5.10 Å². The van der Waals surface area contributed by atoms with Crippen LogP contribution < -0.4 is 5.32 Å². The maximum atomic E-state index is 5.94. The van der Waals surface area contributed by atoms with Crippen molar-refractivity contribution in [1.29, 1.82) is 0 Å². The summed E-state index contributed by atoms with van der Waals surface area (Å²) in [6.07, 6.45) is 3.43. The lowest BCUT2D eigenvalue weighted by molar-refractivity contribution is 0.703. The van der Waals surface area contributed by atoms with Gasteiger partial charge in [0.15, 0.2) is 0 Å². The Morgan fingerprint density at radius 3 is 3.27 bits per heavy atom. The summed E-state index contributed by atoms with van der Waals surface area (Å²) in [5, 5.41) is 6.92. The number of hydrogen-bond acceptors (Lipinski definition) is 2. The molecule has 1 N–H and O–H groups in total. The molecule has 58 valence electrons. The van der Waals surface area contributed by atoms with Crippen LogP contribution in [0, 0.1) is 0 Å². The van der Waals surface area contributed by atoms with Crippen molar-refractivity contribution >= 4 is 33.9 Å². The van der Waals surface area contributed by atoms with Crippen molar-refractivity contribution in [2.45, 2.75) is 5.50 Å². The zero-order chi connectivity index (χ0) is 7.84. The summed E-state index contributed by atoms with van der Waals surface area (Å²) in [4.78, 5) is 0. The van der Waals surface area contributed by atoms with E-state index in [-0.39, 0.29) is 5.50 Å². The summed E-state index contributed by atoms with van der Waals surface area (Å²) < 4.78 is 2.71. The molecule has 1 aliphatic rings. The minimum Gasteiger partial charge on any atom is -0.354 e. The first kappa shape index (κ1) is 7.18. The minimum atomic E-state index is -0.197. The van der Waals surface area contributed by atoms with Gasteiger partial charge in [0.05, 0.1) is 5.69 Å². The van der Waals surface area contributed by atoms with Crippen molar-refractivity contribution in [3.05, 3.63) is 22.4 Å². The van der Waals surface area contributed by atoms with Gasteiger partial charge in [0, 0.05) is 10.7 Å². The van der Waals surface area contributed by atoms with E-state index in [0.29, 0.717) is 0 Å². The van der Waals surface area contributed by atoms with Crippen LogP contribution >= 0.6 is 27.5 Å². The van der Waals surface area contributed by atoms with E-state index < -0.39 is 0 Å². The van der Waals surface area contributed by atoms with Gasteiger partial charge in [0.1, 0.15) is 11.8 Å². The highest BCUT2D eigenvalue weighted by atomic mass is 79.9. The molecule has 11 heavy (non-hydrogen) atoms. The van der Waals surface area contributed by atoms with Gasteiger partial charge in [0.2, 0.25) is 0 Å². The molecule has 1 unspecified atom stereocenters. The lowest BCUT2D eigenvalue weighted by atomic mass is 10.4.